The molecule has 0 aromatic heterocycles. The molecule has 1 heterocycles. The Morgan fingerprint density at radius 3 is 3.21 bits per heavy atom. The van der Waals surface area contributed by atoms with E-state index in [1.165, 1.54) is 6.92 Å². The van der Waals surface area contributed by atoms with Crippen LogP contribution in [0.15, 0.2) is 0 Å². The van der Waals surface area contributed by atoms with Gasteiger partial charge in [0.1, 0.15) is 6.04 Å². The fourth-order valence-electron chi connectivity index (χ4n) is 1.52. The molecule has 0 aromatic carbocycles. The summed E-state index contributed by atoms with van der Waals surface area (Å²) in [7, 11) is 0. The van der Waals surface area contributed by atoms with Gasteiger partial charge < -0.3 is 10.6 Å². The van der Waals surface area contributed by atoms with E-state index >= 15 is 0 Å². The quantitative estimate of drug-likeness (QED) is 0.602. The smallest absolute Gasteiger partial charge is 0.216 e. The topological polar surface area (TPSA) is 68.2 Å². The second-order valence-corrected chi connectivity index (χ2v) is 3.37. The third kappa shape index (κ3) is 3.32. The van der Waals surface area contributed by atoms with Crippen LogP contribution in [0.1, 0.15) is 6.92 Å². The molecule has 5 nitrogen and oxygen atoms in total. The van der Waals surface area contributed by atoms with Crippen LogP contribution in [0, 0.1) is 11.3 Å². The number of carbonyl (C=O) groups excluding carboxylic acids is 1. The fourth-order valence-corrected chi connectivity index (χ4v) is 1.52. The highest BCUT2D eigenvalue weighted by molar-refractivity contribution is 5.72. The minimum atomic E-state index is -0.0579. The SMILES string of the molecule is CC(=O)NCCN1CCNCC1C#N. The van der Waals surface area contributed by atoms with Crippen LogP contribution in [-0.4, -0.2) is 49.6 Å². The largest absolute Gasteiger partial charge is 0.355 e. The van der Waals surface area contributed by atoms with E-state index in [2.05, 4.69) is 21.6 Å². The Morgan fingerprint density at radius 1 is 1.79 bits per heavy atom. The zero-order valence-corrected chi connectivity index (χ0v) is 8.42. The van der Waals surface area contributed by atoms with Crippen LogP contribution in [0.2, 0.25) is 0 Å². The molecule has 0 aliphatic carbocycles. The van der Waals surface area contributed by atoms with Crippen molar-refractivity contribution in [3.8, 4) is 6.07 Å². The van der Waals surface area contributed by atoms with Gasteiger partial charge in [-0.25, -0.2) is 0 Å². The van der Waals surface area contributed by atoms with E-state index in [1.54, 1.807) is 0 Å². The monoisotopic (exact) mass is 196 g/mol. The van der Waals surface area contributed by atoms with Crippen molar-refractivity contribution in [3.05, 3.63) is 0 Å². The van der Waals surface area contributed by atoms with Gasteiger partial charge in [0.2, 0.25) is 5.91 Å². The second kappa shape index (κ2) is 5.58. The molecule has 1 amide bonds. The summed E-state index contributed by atoms with van der Waals surface area (Å²) in [6.45, 7) is 5.37. The highest BCUT2D eigenvalue weighted by atomic mass is 16.1. The summed E-state index contributed by atoms with van der Waals surface area (Å²) in [6.07, 6.45) is 0. The molecule has 78 valence electrons. The van der Waals surface area contributed by atoms with Gasteiger partial charge >= 0.3 is 0 Å². The number of rotatable bonds is 3. The molecule has 1 rings (SSSR count). The summed E-state index contributed by atoms with van der Waals surface area (Å²) in [5.41, 5.74) is 0. The molecule has 0 saturated carbocycles. The van der Waals surface area contributed by atoms with Crippen molar-refractivity contribution >= 4 is 5.91 Å². The van der Waals surface area contributed by atoms with Crippen LogP contribution in [0.25, 0.3) is 0 Å². The molecule has 1 aliphatic heterocycles. The molecule has 1 unspecified atom stereocenters. The number of carbonyl (C=O) groups is 1. The van der Waals surface area contributed by atoms with Crippen molar-refractivity contribution < 1.29 is 4.79 Å². The number of amides is 1. The Hall–Kier alpha value is -1.12. The maximum absolute atomic E-state index is 10.6. The highest BCUT2D eigenvalue weighted by Crippen LogP contribution is 2.00. The van der Waals surface area contributed by atoms with Crippen molar-refractivity contribution in [2.45, 2.75) is 13.0 Å². The lowest BCUT2D eigenvalue weighted by Gasteiger charge is -2.31. The minimum Gasteiger partial charge on any atom is -0.355 e. The summed E-state index contributed by atoms with van der Waals surface area (Å²) >= 11 is 0. The van der Waals surface area contributed by atoms with Gasteiger partial charge in [-0.15, -0.1) is 0 Å². The zero-order chi connectivity index (χ0) is 10.4. The Kier molecular flexibility index (Phi) is 4.36. The van der Waals surface area contributed by atoms with Crippen LogP contribution < -0.4 is 10.6 Å². The lowest BCUT2D eigenvalue weighted by atomic mass is 10.2. The van der Waals surface area contributed by atoms with Gasteiger partial charge in [-0.1, -0.05) is 0 Å². The number of nitrogens with zero attached hydrogens (tertiary/aromatic N) is 2. The Bertz CT molecular complexity index is 235. The van der Waals surface area contributed by atoms with Crippen molar-refractivity contribution in [1.29, 1.82) is 5.26 Å². The molecule has 1 aliphatic rings. The van der Waals surface area contributed by atoms with E-state index in [0.29, 0.717) is 6.54 Å². The van der Waals surface area contributed by atoms with E-state index in [9.17, 15) is 4.79 Å². The molecule has 0 bridgehead atoms. The molecule has 1 atom stereocenters. The van der Waals surface area contributed by atoms with E-state index < -0.39 is 0 Å². The Balaban J connectivity index is 2.27. The van der Waals surface area contributed by atoms with Crippen LogP contribution in [0.4, 0.5) is 0 Å². The van der Waals surface area contributed by atoms with Crippen molar-refractivity contribution in [2.24, 2.45) is 0 Å². The predicted octanol–water partition coefficient (Wildman–Crippen LogP) is -1.08. The third-order valence-corrected chi connectivity index (χ3v) is 2.28. The van der Waals surface area contributed by atoms with Crippen LogP contribution in [0.3, 0.4) is 0 Å². The molecule has 2 N–H and O–H groups in total. The molecular formula is C9H16N4O. The number of hydrogen-bond donors (Lipinski definition) is 2. The summed E-state index contributed by atoms with van der Waals surface area (Å²) in [4.78, 5) is 12.7. The predicted molar refractivity (Wildman–Crippen MR) is 52.5 cm³/mol. The Labute approximate surface area is 84.1 Å². The first-order valence-corrected chi connectivity index (χ1v) is 4.83. The standard InChI is InChI=1S/C9H16N4O/c1-8(14)12-3-5-13-4-2-11-7-9(13)6-10/h9,11H,2-5,7H2,1H3,(H,12,14). The van der Waals surface area contributed by atoms with Crippen LogP contribution >= 0.6 is 0 Å². The number of nitrogens with one attached hydrogen (secondary N) is 2. The number of piperazine rings is 1. The van der Waals surface area contributed by atoms with Crippen LogP contribution in [0.5, 0.6) is 0 Å². The van der Waals surface area contributed by atoms with Gasteiger partial charge in [-0.3, -0.25) is 9.69 Å². The van der Waals surface area contributed by atoms with E-state index in [-0.39, 0.29) is 11.9 Å². The van der Waals surface area contributed by atoms with Crippen molar-refractivity contribution in [1.82, 2.24) is 15.5 Å². The molecule has 5 heteroatoms. The maximum atomic E-state index is 10.6. The number of hydrogen-bond acceptors (Lipinski definition) is 4. The molecular weight excluding hydrogens is 180 g/mol. The van der Waals surface area contributed by atoms with Gasteiger partial charge in [-0.05, 0) is 0 Å². The molecule has 14 heavy (non-hydrogen) atoms. The maximum Gasteiger partial charge on any atom is 0.216 e. The summed E-state index contributed by atoms with van der Waals surface area (Å²) in [5.74, 6) is -0.0198. The minimum absolute atomic E-state index is 0.0198. The van der Waals surface area contributed by atoms with Crippen LogP contribution in [-0.2, 0) is 4.79 Å². The van der Waals surface area contributed by atoms with Crippen molar-refractivity contribution in [2.75, 3.05) is 32.7 Å². The van der Waals surface area contributed by atoms with E-state index in [0.717, 1.165) is 26.2 Å². The number of nitriles is 1. The lowest BCUT2D eigenvalue weighted by molar-refractivity contribution is -0.119. The van der Waals surface area contributed by atoms with Gasteiger partial charge in [0.05, 0.1) is 6.07 Å². The third-order valence-electron chi connectivity index (χ3n) is 2.28. The molecule has 1 saturated heterocycles. The van der Waals surface area contributed by atoms with E-state index in [4.69, 9.17) is 5.26 Å². The summed E-state index contributed by atoms with van der Waals surface area (Å²) in [6, 6.07) is 2.18. The van der Waals surface area contributed by atoms with Gasteiger partial charge in [-0.2, -0.15) is 5.26 Å². The molecule has 1 fully saturated rings. The average molecular weight is 196 g/mol. The molecule has 0 spiro atoms. The average Bonchev–Trinajstić information content (AvgIpc) is 2.18. The lowest BCUT2D eigenvalue weighted by Crippen LogP contribution is -2.52. The second-order valence-electron chi connectivity index (χ2n) is 3.37. The fraction of sp³-hybridized carbons (Fsp3) is 0.778. The first-order valence-electron chi connectivity index (χ1n) is 4.83. The molecule has 0 aromatic rings. The normalized spacial score (nSPS) is 22.7. The zero-order valence-electron chi connectivity index (χ0n) is 8.42. The van der Waals surface area contributed by atoms with E-state index in [1.807, 2.05) is 0 Å². The van der Waals surface area contributed by atoms with Crippen molar-refractivity contribution in [3.63, 3.8) is 0 Å². The first-order chi connectivity index (χ1) is 6.74. The first kappa shape index (κ1) is 11.0. The Morgan fingerprint density at radius 2 is 2.57 bits per heavy atom. The summed E-state index contributed by atoms with van der Waals surface area (Å²) in [5, 5.41) is 14.7. The van der Waals surface area contributed by atoms with Gasteiger partial charge in [0.15, 0.2) is 0 Å². The summed E-state index contributed by atoms with van der Waals surface area (Å²) < 4.78 is 0. The molecule has 0 radical (unpaired) electrons. The highest BCUT2D eigenvalue weighted by Gasteiger charge is 2.20. The van der Waals surface area contributed by atoms with Gasteiger partial charge in [0, 0.05) is 39.6 Å². The van der Waals surface area contributed by atoms with Gasteiger partial charge in [0.25, 0.3) is 0 Å².